The van der Waals surface area contributed by atoms with Gasteiger partial charge < -0.3 is 5.21 Å². The van der Waals surface area contributed by atoms with Gasteiger partial charge in [-0.1, -0.05) is 13.8 Å². The summed E-state index contributed by atoms with van der Waals surface area (Å²) in [6.45, 7) is 7.76. The molecule has 1 rings (SSSR count). The van der Waals surface area contributed by atoms with Crippen LogP contribution < -0.4 is 15.9 Å². The molecule has 3 N–H and O–H groups in total. The van der Waals surface area contributed by atoms with Gasteiger partial charge in [-0.05, 0) is 6.92 Å². The Balaban J connectivity index is 0.00000106. The van der Waals surface area contributed by atoms with Crippen LogP contribution in [0.3, 0.4) is 0 Å². The molecule has 1 fully saturated rings. The third-order valence-corrected chi connectivity index (χ3v) is 3.50. The van der Waals surface area contributed by atoms with Gasteiger partial charge in [0.2, 0.25) is 0 Å². The van der Waals surface area contributed by atoms with Crippen LogP contribution in [0.1, 0.15) is 27.2 Å². The molecule has 0 saturated carbocycles. The third-order valence-electron chi connectivity index (χ3n) is 2.16. The molecule has 5 nitrogen and oxygen atoms in total. The van der Waals surface area contributed by atoms with Crippen LogP contribution in [-0.4, -0.2) is 30.3 Å². The van der Waals surface area contributed by atoms with Crippen molar-refractivity contribution in [2.24, 2.45) is 0 Å². The minimum atomic E-state index is -0.471. The molecule has 16 heavy (non-hydrogen) atoms. The van der Waals surface area contributed by atoms with Gasteiger partial charge in [0.15, 0.2) is 4.87 Å². The summed E-state index contributed by atoms with van der Waals surface area (Å²) in [7, 11) is 0. The molecule has 0 aliphatic carbocycles. The molecular weight excluding hydrogens is 224 g/mol. The fraction of sp³-hybridized carbons (Fsp3) is 0.900. The van der Waals surface area contributed by atoms with Crippen LogP contribution in [0.4, 0.5) is 0 Å². The highest BCUT2D eigenvalue weighted by atomic mass is 32.2. The van der Waals surface area contributed by atoms with Crippen LogP contribution in [0, 0.1) is 16.5 Å². The van der Waals surface area contributed by atoms with Gasteiger partial charge in [0.05, 0.1) is 12.6 Å². The second kappa shape index (κ2) is 8.79. The highest BCUT2D eigenvalue weighted by Crippen LogP contribution is 2.29. The van der Waals surface area contributed by atoms with E-state index in [4.69, 9.17) is 5.26 Å². The van der Waals surface area contributed by atoms with E-state index in [0.717, 1.165) is 12.3 Å². The van der Waals surface area contributed by atoms with Crippen LogP contribution in [0.5, 0.6) is 0 Å². The van der Waals surface area contributed by atoms with Gasteiger partial charge in [-0.15, -0.1) is 11.8 Å². The lowest BCUT2D eigenvalue weighted by molar-refractivity contribution is -0.894. The molecular formula is C10H22N4OS. The molecule has 2 atom stereocenters. The van der Waals surface area contributed by atoms with Crippen LogP contribution in [0.25, 0.3) is 0 Å². The van der Waals surface area contributed by atoms with Gasteiger partial charge in [0, 0.05) is 25.3 Å². The molecule has 94 valence electrons. The Hall–Kier alpha value is -0.320. The van der Waals surface area contributed by atoms with E-state index < -0.39 is 4.87 Å². The van der Waals surface area contributed by atoms with E-state index in [1.54, 1.807) is 11.8 Å². The Labute approximate surface area is 102 Å². The maximum absolute atomic E-state index is 11.0. The minimum Gasteiger partial charge on any atom is -0.613 e. The van der Waals surface area contributed by atoms with Crippen molar-refractivity contribution >= 4 is 11.8 Å². The molecule has 0 amide bonds. The fourth-order valence-corrected chi connectivity index (χ4v) is 2.39. The summed E-state index contributed by atoms with van der Waals surface area (Å²) in [5.41, 5.74) is 2.77. The third kappa shape index (κ3) is 5.14. The number of hydroxylamine groups is 1. The first kappa shape index (κ1) is 15.7. The average Bonchev–Trinajstić information content (AvgIpc) is 2.81. The SMILES string of the molecule is CC.CC[NH+]([O-])NCCC1(C#N)NCCS1. The summed E-state index contributed by atoms with van der Waals surface area (Å²) in [6, 6.07) is 2.27. The first-order chi connectivity index (χ1) is 7.72. The van der Waals surface area contributed by atoms with Gasteiger partial charge in [-0.2, -0.15) is 10.7 Å². The molecule has 1 heterocycles. The molecule has 0 aromatic rings. The summed E-state index contributed by atoms with van der Waals surface area (Å²) >= 11 is 1.63. The van der Waals surface area contributed by atoms with Gasteiger partial charge in [-0.3, -0.25) is 10.5 Å². The molecule has 6 heteroatoms. The van der Waals surface area contributed by atoms with Crippen LogP contribution in [0.2, 0.25) is 0 Å². The van der Waals surface area contributed by atoms with Gasteiger partial charge in [0.1, 0.15) is 0 Å². The van der Waals surface area contributed by atoms with Crippen molar-refractivity contribution in [3.05, 3.63) is 5.21 Å². The Morgan fingerprint density at radius 1 is 1.62 bits per heavy atom. The number of nitriles is 1. The lowest BCUT2D eigenvalue weighted by Gasteiger charge is -2.24. The molecule has 1 aliphatic rings. The van der Waals surface area contributed by atoms with Gasteiger partial charge in [-0.25, -0.2) is 0 Å². The van der Waals surface area contributed by atoms with Crippen molar-refractivity contribution in [3.63, 3.8) is 0 Å². The van der Waals surface area contributed by atoms with E-state index in [1.807, 2.05) is 20.8 Å². The van der Waals surface area contributed by atoms with Crippen molar-refractivity contribution < 1.29 is 5.17 Å². The lowest BCUT2D eigenvalue weighted by Crippen LogP contribution is -3.14. The highest BCUT2D eigenvalue weighted by molar-refractivity contribution is 8.01. The van der Waals surface area contributed by atoms with Crippen molar-refractivity contribution in [2.45, 2.75) is 32.1 Å². The Bertz CT molecular complexity index is 213. The summed E-state index contributed by atoms with van der Waals surface area (Å²) in [5.74, 6) is 0.968. The Morgan fingerprint density at radius 2 is 2.31 bits per heavy atom. The predicted molar refractivity (Wildman–Crippen MR) is 67.6 cm³/mol. The van der Waals surface area contributed by atoms with Gasteiger partial charge >= 0.3 is 0 Å². The smallest absolute Gasteiger partial charge is 0.154 e. The zero-order chi connectivity index (χ0) is 12.4. The second-order valence-electron chi connectivity index (χ2n) is 3.17. The van der Waals surface area contributed by atoms with Crippen molar-refractivity contribution in [3.8, 4) is 6.07 Å². The maximum atomic E-state index is 11.0. The number of hydrogen-bond donors (Lipinski definition) is 3. The number of rotatable bonds is 5. The molecule has 0 spiro atoms. The Kier molecular flexibility index (Phi) is 8.61. The van der Waals surface area contributed by atoms with E-state index in [0.29, 0.717) is 19.5 Å². The number of nitrogens with one attached hydrogen (secondary N) is 3. The second-order valence-corrected chi connectivity index (χ2v) is 4.56. The van der Waals surface area contributed by atoms with Crippen molar-refractivity contribution in [1.82, 2.24) is 10.7 Å². The lowest BCUT2D eigenvalue weighted by atomic mass is 10.2. The minimum absolute atomic E-state index is 0.0427. The van der Waals surface area contributed by atoms with Crippen molar-refractivity contribution in [2.75, 3.05) is 25.4 Å². The quantitative estimate of drug-likeness (QED) is 0.589. The zero-order valence-electron chi connectivity index (χ0n) is 10.3. The molecule has 1 aliphatic heterocycles. The van der Waals surface area contributed by atoms with Crippen LogP contribution >= 0.6 is 11.8 Å². The van der Waals surface area contributed by atoms with Gasteiger partial charge in [0.25, 0.3) is 0 Å². The van der Waals surface area contributed by atoms with E-state index in [9.17, 15) is 5.21 Å². The average molecular weight is 246 g/mol. The molecule has 0 aromatic carbocycles. The maximum Gasteiger partial charge on any atom is 0.154 e. The summed E-state index contributed by atoms with van der Waals surface area (Å²) < 4.78 is 0. The van der Waals surface area contributed by atoms with Crippen LogP contribution in [0.15, 0.2) is 0 Å². The molecule has 2 unspecified atom stereocenters. The zero-order valence-corrected chi connectivity index (χ0v) is 11.1. The number of thioether (sulfide) groups is 1. The molecule has 0 radical (unpaired) electrons. The normalized spacial score (nSPS) is 25.4. The summed E-state index contributed by atoms with van der Waals surface area (Å²) in [6.07, 6.45) is 0.667. The van der Waals surface area contributed by atoms with Crippen molar-refractivity contribution in [1.29, 1.82) is 5.26 Å². The standard InChI is InChI=1S/C8H16N4OS.C2H6/c1-2-12(13)11-4-3-8(7-9)10-5-6-14-8;1-2/h10-12H,2-6H2,1H3;1-2H3. The largest absolute Gasteiger partial charge is 0.613 e. The predicted octanol–water partition coefficient (Wildman–Crippen LogP) is -0.134. The summed E-state index contributed by atoms with van der Waals surface area (Å²) in [5, 5.41) is 23.2. The van der Waals surface area contributed by atoms with E-state index in [-0.39, 0.29) is 5.17 Å². The Morgan fingerprint density at radius 3 is 2.75 bits per heavy atom. The molecule has 1 saturated heterocycles. The highest BCUT2D eigenvalue weighted by Gasteiger charge is 2.33. The molecule has 0 aromatic heterocycles. The van der Waals surface area contributed by atoms with E-state index in [2.05, 4.69) is 16.8 Å². The number of nitrogens with zero attached hydrogens (tertiary/aromatic N) is 1. The monoisotopic (exact) mass is 246 g/mol. The first-order valence-corrected chi connectivity index (χ1v) is 6.78. The first-order valence-electron chi connectivity index (χ1n) is 5.79. The molecule has 0 bridgehead atoms. The van der Waals surface area contributed by atoms with Crippen LogP contribution in [-0.2, 0) is 0 Å². The number of quaternary nitrogens is 1. The number of hydrogen-bond acceptors (Lipinski definition) is 5. The van der Waals surface area contributed by atoms with E-state index >= 15 is 0 Å². The summed E-state index contributed by atoms with van der Waals surface area (Å²) in [4.78, 5) is -0.471. The van der Waals surface area contributed by atoms with E-state index in [1.165, 1.54) is 0 Å². The fourth-order valence-electron chi connectivity index (χ4n) is 1.32. The topological polar surface area (TPSA) is 75.3 Å².